The van der Waals surface area contributed by atoms with E-state index in [1.54, 1.807) is 0 Å². The largest absolute Gasteiger partial charge is 0.375 e. The number of H-pyrrole nitrogens is 1. The number of hydrogen-bond donors (Lipinski definition) is 2. The van der Waals surface area contributed by atoms with E-state index in [9.17, 15) is 0 Å². The standard InChI is InChI=1S/C9H15N4O/c1-2-7(8-5-11-13-12-8)9-6-10-3-4-14-9/h5,9-10H,2-4,6H2,1H3,(H,11,12,13). The van der Waals surface area contributed by atoms with E-state index < -0.39 is 0 Å². The molecule has 0 spiro atoms. The van der Waals surface area contributed by atoms with Crippen LogP contribution in [0.25, 0.3) is 0 Å². The van der Waals surface area contributed by atoms with Gasteiger partial charge < -0.3 is 10.1 Å². The summed E-state index contributed by atoms with van der Waals surface area (Å²) in [6, 6.07) is 0. The Morgan fingerprint density at radius 3 is 3.21 bits per heavy atom. The Kier molecular flexibility index (Phi) is 3.10. The minimum absolute atomic E-state index is 0.152. The number of morpholine rings is 1. The van der Waals surface area contributed by atoms with Gasteiger partial charge in [0, 0.05) is 19.3 Å². The number of aromatic nitrogens is 3. The third-order valence-electron chi connectivity index (χ3n) is 2.44. The molecule has 1 saturated heterocycles. The summed E-state index contributed by atoms with van der Waals surface area (Å²) >= 11 is 0. The van der Waals surface area contributed by atoms with E-state index in [2.05, 4.69) is 27.7 Å². The highest BCUT2D eigenvalue weighted by Crippen LogP contribution is 2.22. The first-order valence-electron chi connectivity index (χ1n) is 4.96. The molecular formula is C9H15N4O. The second-order valence-corrected chi connectivity index (χ2v) is 3.30. The van der Waals surface area contributed by atoms with Crippen molar-refractivity contribution in [3.05, 3.63) is 17.8 Å². The van der Waals surface area contributed by atoms with Gasteiger partial charge in [-0.1, -0.05) is 12.1 Å². The van der Waals surface area contributed by atoms with Gasteiger partial charge in [-0.2, -0.15) is 0 Å². The molecule has 2 N–H and O–H groups in total. The Labute approximate surface area is 83.2 Å². The summed E-state index contributed by atoms with van der Waals surface area (Å²) in [4.78, 5) is 0. The van der Waals surface area contributed by atoms with E-state index >= 15 is 0 Å². The van der Waals surface area contributed by atoms with Crippen LogP contribution in [0.5, 0.6) is 0 Å². The van der Waals surface area contributed by atoms with Crippen molar-refractivity contribution in [2.24, 2.45) is 0 Å². The summed E-state index contributed by atoms with van der Waals surface area (Å²) < 4.78 is 5.67. The van der Waals surface area contributed by atoms with Crippen LogP contribution in [0.4, 0.5) is 0 Å². The Hall–Kier alpha value is -0.940. The van der Waals surface area contributed by atoms with E-state index in [1.807, 2.05) is 6.20 Å². The molecule has 2 rings (SSSR count). The first kappa shape index (κ1) is 9.61. The molecule has 1 aromatic heterocycles. The number of ether oxygens (including phenoxy) is 1. The summed E-state index contributed by atoms with van der Waals surface area (Å²) in [5.74, 6) is 1.21. The predicted molar refractivity (Wildman–Crippen MR) is 51.6 cm³/mol. The van der Waals surface area contributed by atoms with Gasteiger partial charge >= 0.3 is 0 Å². The first-order valence-corrected chi connectivity index (χ1v) is 4.96. The molecule has 1 aromatic rings. The second-order valence-electron chi connectivity index (χ2n) is 3.30. The Bertz CT molecular complexity index is 256. The zero-order valence-corrected chi connectivity index (χ0v) is 8.29. The number of aromatic amines is 1. The molecule has 2 heterocycles. The predicted octanol–water partition coefficient (Wildman–Crippen LogP) is 0.126. The number of rotatable bonds is 3. The van der Waals surface area contributed by atoms with E-state index in [4.69, 9.17) is 4.74 Å². The normalized spacial score (nSPS) is 22.9. The Morgan fingerprint density at radius 1 is 1.71 bits per heavy atom. The van der Waals surface area contributed by atoms with Gasteiger partial charge in [-0.25, -0.2) is 0 Å². The molecule has 0 amide bonds. The van der Waals surface area contributed by atoms with Gasteiger partial charge in [0.25, 0.3) is 0 Å². The van der Waals surface area contributed by atoms with E-state index in [0.29, 0.717) is 0 Å². The number of hydrogen-bond acceptors (Lipinski definition) is 4. The van der Waals surface area contributed by atoms with Crippen molar-refractivity contribution < 1.29 is 4.74 Å². The minimum Gasteiger partial charge on any atom is -0.375 e. The molecule has 1 aliphatic rings. The Morgan fingerprint density at radius 2 is 2.64 bits per heavy atom. The third-order valence-corrected chi connectivity index (χ3v) is 2.44. The van der Waals surface area contributed by atoms with Crippen molar-refractivity contribution in [3.63, 3.8) is 0 Å². The first-order chi connectivity index (χ1) is 6.92. The molecule has 1 atom stereocenters. The molecule has 5 nitrogen and oxygen atoms in total. The van der Waals surface area contributed by atoms with Crippen LogP contribution in [0.3, 0.4) is 0 Å². The smallest absolute Gasteiger partial charge is 0.0923 e. The second kappa shape index (κ2) is 4.52. The molecule has 1 aliphatic heterocycles. The van der Waals surface area contributed by atoms with E-state index in [1.165, 1.54) is 5.92 Å². The summed E-state index contributed by atoms with van der Waals surface area (Å²) in [6.07, 6.45) is 2.91. The van der Waals surface area contributed by atoms with Gasteiger partial charge in [0.15, 0.2) is 0 Å². The summed E-state index contributed by atoms with van der Waals surface area (Å²) in [7, 11) is 0. The van der Waals surface area contributed by atoms with Gasteiger partial charge in [-0.15, -0.1) is 5.10 Å². The van der Waals surface area contributed by atoms with Crippen LogP contribution in [-0.2, 0) is 4.74 Å². The fourth-order valence-electron chi connectivity index (χ4n) is 1.72. The molecule has 5 heteroatoms. The average molecular weight is 195 g/mol. The van der Waals surface area contributed by atoms with Crippen LogP contribution < -0.4 is 5.32 Å². The lowest BCUT2D eigenvalue weighted by atomic mass is 9.95. The van der Waals surface area contributed by atoms with Crippen LogP contribution in [-0.4, -0.2) is 41.2 Å². The highest BCUT2D eigenvalue weighted by atomic mass is 16.5. The van der Waals surface area contributed by atoms with Gasteiger partial charge in [0.05, 0.1) is 24.3 Å². The highest BCUT2D eigenvalue weighted by molar-refractivity contribution is 5.22. The van der Waals surface area contributed by atoms with Crippen LogP contribution >= 0.6 is 0 Å². The molecule has 0 aliphatic carbocycles. The summed E-state index contributed by atoms with van der Waals surface area (Å²) in [6.45, 7) is 4.69. The van der Waals surface area contributed by atoms with Crippen molar-refractivity contribution in [2.45, 2.75) is 19.4 Å². The van der Waals surface area contributed by atoms with Crippen molar-refractivity contribution in [1.29, 1.82) is 0 Å². The molecule has 0 aromatic carbocycles. The fraction of sp³-hybridized carbons (Fsp3) is 0.667. The quantitative estimate of drug-likeness (QED) is 0.719. The minimum atomic E-state index is 0.152. The lowest BCUT2D eigenvalue weighted by Crippen LogP contribution is -2.42. The molecule has 0 bridgehead atoms. The van der Waals surface area contributed by atoms with E-state index in [-0.39, 0.29) is 6.10 Å². The van der Waals surface area contributed by atoms with Gasteiger partial charge in [-0.05, 0) is 6.42 Å². The van der Waals surface area contributed by atoms with Crippen molar-refractivity contribution >= 4 is 0 Å². The maximum atomic E-state index is 5.67. The topological polar surface area (TPSA) is 62.8 Å². The summed E-state index contributed by atoms with van der Waals surface area (Å²) in [5, 5.41) is 13.8. The SMILES string of the molecule is CC[C](c1c[nH]nn1)C1CNCCO1. The number of nitrogens with zero attached hydrogens (tertiary/aromatic N) is 2. The molecular weight excluding hydrogens is 180 g/mol. The third kappa shape index (κ3) is 1.93. The summed E-state index contributed by atoms with van der Waals surface area (Å²) in [5.41, 5.74) is 0.918. The maximum absolute atomic E-state index is 5.67. The maximum Gasteiger partial charge on any atom is 0.0923 e. The highest BCUT2D eigenvalue weighted by Gasteiger charge is 2.26. The fourth-order valence-corrected chi connectivity index (χ4v) is 1.72. The van der Waals surface area contributed by atoms with Gasteiger partial charge in [-0.3, -0.25) is 5.10 Å². The van der Waals surface area contributed by atoms with Crippen LogP contribution in [0, 0.1) is 5.92 Å². The zero-order valence-electron chi connectivity index (χ0n) is 8.29. The van der Waals surface area contributed by atoms with Crippen LogP contribution in [0.1, 0.15) is 19.0 Å². The Balaban J connectivity index is 2.04. The average Bonchev–Trinajstić information content (AvgIpc) is 2.74. The zero-order chi connectivity index (χ0) is 9.80. The van der Waals surface area contributed by atoms with Gasteiger partial charge in [0.1, 0.15) is 0 Å². The van der Waals surface area contributed by atoms with Crippen LogP contribution in [0.15, 0.2) is 6.20 Å². The molecule has 14 heavy (non-hydrogen) atoms. The molecule has 77 valence electrons. The lowest BCUT2D eigenvalue weighted by molar-refractivity contribution is 0.0383. The van der Waals surface area contributed by atoms with Gasteiger partial charge in [0.2, 0.25) is 0 Å². The molecule has 1 unspecified atom stereocenters. The lowest BCUT2D eigenvalue weighted by Gasteiger charge is -2.28. The molecule has 1 radical (unpaired) electrons. The molecule has 1 fully saturated rings. The van der Waals surface area contributed by atoms with E-state index in [0.717, 1.165) is 31.8 Å². The van der Waals surface area contributed by atoms with Crippen molar-refractivity contribution in [3.8, 4) is 0 Å². The number of nitrogens with one attached hydrogen (secondary N) is 2. The van der Waals surface area contributed by atoms with Crippen LogP contribution in [0.2, 0.25) is 0 Å². The molecule has 0 saturated carbocycles. The van der Waals surface area contributed by atoms with Crippen molar-refractivity contribution in [2.75, 3.05) is 19.7 Å². The monoisotopic (exact) mass is 195 g/mol. The van der Waals surface area contributed by atoms with Crippen molar-refractivity contribution in [1.82, 2.24) is 20.7 Å².